The van der Waals surface area contributed by atoms with Gasteiger partial charge in [0.2, 0.25) is 0 Å². The number of carbonyl (C=O) groups is 1. The lowest BCUT2D eigenvalue weighted by molar-refractivity contribution is 0.0925. The first-order valence-electron chi connectivity index (χ1n) is 7.40. The number of hydrogen-bond donors (Lipinski definition) is 2. The van der Waals surface area contributed by atoms with Gasteiger partial charge in [-0.2, -0.15) is 11.8 Å². The number of benzene rings is 1. The first-order valence-corrected chi connectivity index (χ1v) is 8.55. The van der Waals surface area contributed by atoms with Crippen LogP contribution in [-0.2, 0) is 5.75 Å². The van der Waals surface area contributed by atoms with Crippen molar-refractivity contribution in [2.45, 2.75) is 44.5 Å². The first kappa shape index (κ1) is 18.3. The van der Waals surface area contributed by atoms with Crippen molar-refractivity contribution in [1.82, 2.24) is 10.6 Å². The second-order valence-electron chi connectivity index (χ2n) is 5.38. The van der Waals surface area contributed by atoms with Crippen molar-refractivity contribution >= 4 is 30.1 Å². The van der Waals surface area contributed by atoms with Crippen molar-refractivity contribution in [3.8, 4) is 0 Å². The highest BCUT2D eigenvalue weighted by Gasteiger charge is 2.20. The molecule has 1 aliphatic rings. The van der Waals surface area contributed by atoms with Crippen molar-refractivity contribution in [1.29, 1.82) is 0 Å². The zero-order valence-electron chi connectivity index (χ0n) is 12.7. The molecule has 0 bridgehead atoms. The molecule has 0 aromatic heterocycles. The highest BCUT2D eigenvalue weighted by atomic mass is 35.5. The molecule has 1 saturated heterocycles. The van der Waals surface area contributed by atoms with E-state index in [1.54, 1.807) is 0 Å². The Morgan fingerprint density at radius 2 is 2.10 bits per heavy atom. The lowest BCUT2D eigenvalue weighted by atomic mass is 10.00. The van der Waals surface area contributed by atoms with Crippen LogP contribution in [0.4, 0.5) is 0 Å². The number of piperidine rings is 1. The average Bonchev–Trinajstić information content (AvgIpc) is 2.45. The van der Waals surface area contributed by atoms with Gasteiger partial charge < -0.3 is 10.6 Å². The minimum absolute atomic E-state index is 0. The molecule has 1 aliphatic heterocycles. The van der Waals surface area contributed by atoms with E-state index in [1.807, 2.05) is 23.9 Å². The van der Waals surface area contributed by atoms with Crippen molar-refractivity contribution < 1.29 is 4.79 Å². The number of nitrogens with one attached hydrogen (secondary N) is 2. The number of halogens is 1. The van der Waals surface area contributed by atoms with Gasteiger partial charge >= 0.3 is 0 Å². The molecule has 0 radical (unpaired) electrons. The topological polar surface area (TPSA) is 41.1 Å². The van der Waals surface area contributed by atoms with Crippen LogP contribution in [0.25, 0.3) is 0 Å². The Morgan fingerprint density at radius 1 is 1.38 bits per heavy atom. The molecule has 1 aromatic carbocycles. The Labute approximate surface area is 138 Å². The number of thioether (sulfide) groups is 1. The molecule has 1 fully saturated rings. The minimum atomic E-state index is 0. The lowest BCUT2D eigenvalue weighted by Gasteiger charge is -2.28. The quantitative estimate of drug-likeness (QED) is 0.872. The monoisotopic (exact) mass is 328 g/mol. The van der Waals surface area contributed by atoms with E-state index < -0.39 is 0 Å². The van der Waals surface area contributed by atoms with Gasteiger partial charge in [0.1, 0.15) is 0 Å². The SMILES string of the molecule is CCSCc1ccc(C(=O)NC2CCNC(C)C2)cc1.Cl. The lowest BCUT2D eigenvalue weighted by Crippen LogP contribution is -2.46. The van der Waals surface area contributed by atoms with E-state index in [0.717, 1.165) is 36.5 Å². The highest BCUT2D eigenvalue weighted by molar-refractivity contribution is 7.98. The van der Waals surface area contributed by atoms with Gasteiger partial charge in [-0.05, 0) is 49.8 Å². The van der Waals surface area contributed by atoms with Crippen LogP contribution in [0, 0.1) is 0 Å². The van der Waals surface area contributed by atoms with Gasteiger partial charge in [0, 0.05) is 23.4 Å². The average molecular weight is 329 g/mol. The third-order valence-electron chi connectivity index (χ3n) is 3.65. The molecular formula is C16H25ClN2OS. The number of rotatable bonds is 5. The van der Waals surface area contributed by atoms with Crippen LogP contribution in [0.1, 0.15) is 42.6 Å². The Bertz CT molecular complexity index is 438. The van der Waals surface area contributed by atoms with Gasteiger partial charge in [-0.1, -0.05) is 19.1 Å². The maximum Gasteiger partial charge on any atom is 0.251 e. The van der Waals surface area contributed by atoms with Crippen LogP contribution >= 0.6 is 24.2 Å². The zero-order valence-corrected chi connectivity index (χ0v) is 14.4. The molecule has 0 saturated carbocycles. The summed E-state index contributed by atoms with van der Waals surface area (Å²) in [5, 5.41) is 6.54. The minimum Gasteiger partial charge on any atom is -0.349 e. The maximum absolute atomic E-state index is 12.2. The number of amides is 1. The Morgan fingerprint density at radius 3 is 2.71 bits per heavy atom. The molecule has 0 spiro atoms. The van der Waals surface area contributed by atoms with E-state index in [2.05, 4.69) is 36.6 Å². The fourth-order valence-corrected chi connectivity index (χ4v) is 3.14. The molecule has 2 rings (SSSR count). The molecule has 2 N–H and O–H groups in total. The molecule has 2 unspecified atom stereocenters. The Balaban J connectivity index is 0.00000220. The number of hydrogen-bond acceptors (Lipinski definition) is 3. The van der Waals surface area contributed by atoms with Crippen LogP contribution in [0.3, 0.4) is 0 Å². The van der Waals surface area contributed by atoms with Gasteiger partial charge in [0.05, 0.1) is 0 Å². The maximum atomic E-state index is 12.2. The summed E-state index contributed by atoms with van der Waals surface area (Å²) in [6, 6.07) is 8.78. The fourth-order valence-electron chi connectivity index (χ4n) is 2.50. The van der Waals surface area contributed by atoms with E-state index in [4.69, 9.17) is 0 Å². The molecule has 1 heterocycles. The molecule has 5 heteroatoms. The van der Waals surface area contributed by atoms with Crippen LogP contribution in [0.5, 0.6) is 0 Å². The summed E-state index contributed by atoms with van der Waals surface area (Å²) in [4.78, 5) is 12.2. The van der Waals surface area contributed by atoms with Crippen molar-refractivity contribution in [3.63, 3.8) is 0 Å². The third kappa shape index (κ3) is 5.89. The molecule has 1 amide bonds. The standard InChI is InChI=1S/C16H24N2OS.ClH/c1-3-20-11-13-4-6-14(7-5-13)16(19)18-15-8-9-17-12(2)10-15;/h4-7,12,15,17H,3,8-11H2,1-2H3,(H,18,19);1H. The van der Waals surface area contributed by atoms with E-state index >= 15 is 0 Å². The Hall–Kier alpha value is -0.710. The summed E-state index contributed by atoms with van der Waals surface area (Å²) < 4.78 is 0. The number of carbonyl (C=O) groups excluding carboxylic acids is 1. The molecular weight excluding hydrogens is 304 g/mol. The van der Waals surface area contributed by atoms with E-state index in [1.165, 1.54) is 5.56 Å². The van der Waals surface area contributed by atoms with E-state index in [-0.39, 0.29) is 18.3 Å². The van der Waals surface area contributed by atoms with Crippen molar-refractivity contribution in [2.24, 2.45) is 0 Å². The highest BCUT2D eigenvalue weighted by Crippen LogP contribution is 2.14. The summed E-state index contributed by atoms with van der Waals surface area (Å²) in [7, 11) is 0. The summed E-state index contributed by atoms with van der Waals surface area (Å²) in [5.74, 6) is 2.19. The second-order valence-corrected chi connectivity index (χ2v) is 6.66. The predicted octanol–water partition coefficient (Wildman–Crippen LogP) is 3.23. The zero-order chi connectivity index (χ0) is 14.4. The van der Waals surface area contributed by atoms with E-state index in [9.17, 15) is 4.79 Å². The van der Waals surface area contributed by atoms with Crippen LogP contribution in [0.2, 0.25) is 0 Å². The van der Waals surface area contributed by atoms with Crippen LogP contribution in [0.15, 0.2) is 24.3 Å². The summed E-state index contributed by atoms with van der Waals surface area (Å²) >= 11 is 1.90. The first-order chi connectivity index (χ1) is 9.69. The molecule has 21 heavy (non-hydrogen) atoms. The van der Waals surface area contributed by atoms with Gasteiger partial charge in [-0.15, -0.1) is 12.4 Å². The predicted molar refractivity (Wildman–Crippen MR) is 93.5 cm³/mol. The molecule has 2 atom stereocenters. The third-order valence-corrected chi connectivity index (χ3v) is 4.59. The van der Waals surface area contributed by atoms with Gasteiger partial charge in [-0.3, -0.25) is 4.79 Å². The van der Waals surface area contributed by atoms with Crippen molar-refractivity contribution in [3.05, 3.63) is 35.4 Å². The molecule has 3 nitrogen and oxygen atoms in total. The molecule has 118 valence electrons. The second kappa shape index (κ2) is 9.34. The molecule has 0 aliphatic carbocycles. The van der Waals surface area contributed by atoms with Crippen molar-refractivity contribution in [2.75, 3.05) is 12.3 Å². The van der Waals surface area contributed by atoms with Gasteiger partial charge in [-0.25, -0.2) is 0 Å². The van der Waals surface area contributed by atoms with Crippen LogP contribution < -0.4 is 10.6 Å². The smallest absolute Gasteiger partial charge is 0.251 e. The van der Waals surface area contributed by atoms with E-state index in [0.29, 0.717) is 12.1 Å². The summed E-state index contributed by atoms with van der Waals surface area (Å²) in [6.45, 7) is 5.31. The van der Waals surface area contributed by atoms with Crippen LogP contribution in [-0.4, -0.2) is 30.3 Å². The molecule has 1 aromatic rings. The summed E-state index contributed by atoms with van der Waals surface area (Å²) in [5.41, 5.74) is 2.05. The van der Waals surface area contributed by atoms with Gasteiger partial charge in [0.25, 0.3) is 5.91 Å². The normalized spacial score (nSPS) is 21.4. The largest absolute Gasteiger partial charge is 0.349 e. The summed E-state index contributed by atoms with van der Waals surface area (Å²) in [6.07, 6.45) is 2.03. The fraction of sp³-hybridized carbons (Fsp3) is 0.562. The Kier molecular flexibility index (Phi) is 8.15. The van der Waals surface area contributed by atoms with Gasteiger partial charge in [0.15, 0.2) is 0 Å².